The topological polar surface area (TPSA) is 78.4 Å². The first-order valence-corrected chi connectivity index (χ1v) is 11.9. The van der Waals surface area contributed by atoms with Crippen LogP contribution in [0.4, 0.5) is 13.2 Å². The van der Waals surface area contributed by atoms with E-state index in [0.29, 0.717) is 12.5 Å². The van der Waals surface area contributed by atoms with Crippen LogP contribution in [0.2, 0.25) is 0 Å². The maximum Gasteiger partial charge on any atom is 0.433 e. The molecule has 1 aliphatic rings. The number of rotatable bonds is 5. The molecular formula is C23H18BrF3N4O2S. The lowest BCUT2D eigenvalue weighted by Gasteiger charge is -2.22. The van der Waals surface area contributed by atoms with Crippen molar-refractivity contribution in [1.82, 2.24) is 15.0 Å². The van der Waals surface area contributed by atoms with E-state index in [-0.39, 0.29) is 17.0 Å². The number of nitrogens with zero attached hydrogens (tertiary/aromatic N) is 3. The van der Waals surface area contributed by atoms with E-state index in [4.69, 9.17) is 0 Å². The smallest absolute Gasteiger partial charge is 0.301 e. The molecule has 1 unspecified atom stereocenters. The molecule has 2 aromatic carbocycles. The number of aromatic nitrogens is 2. The zero-order valence-electron chi connectivity index (χ0n) is 17.8. The van der Waals surface area contributed by atoms with Gasteiger partial charge in [0.05, 0.1) is 17.5 Å². The number of hydrogen-bond donors (Lipinski definition) is 1. The maximum atomic E-state index is 13.1. The minimum absolute atomic E-state index is 0.246. The molecule has 34 heavy (non-hydrogen) atoms. The summed E-state index contributed by atoms with van der Waals surface area (Å²) in [6, 6.07) is 15.3. The van der Waals surface area contributed by atoms with E-state index in [2.05, 4.69) is 31.0 Å². The lowest BCUT2D eigenvalue weighted by molar-refractivity contribution is -0.141. The third-order valence-corrected chi connectivity index (χ3v) is 6.53. The number of thioether (sulfide) groups is 1. The highest BCUT2D eigenvalue weighted by molar-refractivity contribution is 9.10. The molecule has 0 saturated carbocycles. The standard InChI is InChI=1S/C23H18BrF3N4O2S/c1-13-2-4-15(5-3-13)18-10-17(14-6-8-16(24)9-7-14)30-31(18)21(33)12-34-22-28-19(23(25,26)27)11-20(32)29-22/h2-9,11,18H,10,12H2,1H3,(H,28,29,32). The van der Waals surface area contributed by atoms with Gasteiger partial charge >= 0.3 is 6.18 Å². The van der Waals surface area contributed by atoms with Gasteiger partial charge in [-0.3, -0.25) is 9.59 Å². The number of hydrogen-bond acceptors (Lipinski definition) is 5. The minimum Gasteiger partial charge on any atom is -0.301 e. The molecule has 0 fully saturated rings. The second-order valence-corrected chi connectivity index (χ2v) is 9.52. The molecule has 176 valence electrons. The fourth-order valence-corrected chi connectivity index (χ4v) is 4.44. The number of amides is 1. The van der Waals surface area contributed by atoms with Crippen molar-refractivity contribution in [2.75, 3.05) is 5.75 Å². The lowest BCUT2D eigenvalue weighted by Crippen LogP contribution is -2.28. The summed E-state index contributed by atoms with van der Waals surface area (Å²) in [5, 5.41) is 5.63. The lowest BCUT2D eigenvalue weighted by atomic mass is 9.98. The molecule has 1 aromatic heterocycles. The van der Waals surface area contributed by atoms with E-state index in [1.165, 1.54) is 5.01 Å². The molecule has 0 bridgehead atoms. The van der Waals surface area contributed by atoms with Crippen LogP contribution in [0.3, 0.4) is 0 Å². The van der Waals surface area contributed by atoms with Crippen LogP contribution in [0.5, 0.6) is 0 Å². The van der Waals surface area contributed by atoms with Crippen LogP contribution >= 0.6 is 27.7 Å². The van der Waals surface area contributed by atoms with E-state index >= 15 is 0 Å². The Morgan fingerprint density at radius 2 is 1.85 bits per heavy atom. The predicted molar refractivity (Wildman–Crippen MR) is 127 cm³/mol. The Morgan fingerprint density at radius 1 is 1.18 bits per heavy atom. The SMILES string of the molecule is Cc1ccc(C2CC(c3ccc(Br)cc3)=NN2C(=O)CSc2nc(C(F)(F)F)cc(=O)[nH]2)cc1. The summed E-state index contributed by atoms with van der Waals surface area (Å²) >= 11 is 4.13. The van der Waals surface area contributed by atoms with Crippen LogP contribution in [0.15, 0.2) is 74.1 Å². The average Bonchev–Trinajstić information content (AvgIpc) is 3.23. The third-order valence-electron chi connectivity index (χ3n) is 5.15. The summed E-state index contributed by atoms with van der Waals surface area (Å²) in [6.45, 7) is 1.96. The molecule has 0 radical (unpaired) electrons. The Bertz CT molecular complexity index is 1290. The molecule has 4 rings (SSSR count). The van der Waals surface area contributed by atoms with Gasteiger partial charge in [-0.25, -0.2) is 9.99 Å². The van der Waals surface area contributed by atoms with Gasteiger partial charge in [0.25, 0.3) is 11.5 Å². The molecule has 3 aromatic rings. The molecule has 2 heterocycles. The summed E-state index contributed by atoms with van der Waals surface area (Å²) in [4.78, 5) is 30.4. The van der Waals surface area contributed by atoms with Crippen molar-refractivity contribution in [3.8, 4) is 0 Å². The first-order chi connectivity index (χ1) is 16.1. The summed E-state index contributed by atoms with van der Waals surface area (Å²) in [7, 11) is 0. The van der Waals surface area contributed by atoms with Gasteiger partial charge in [-0.15, -0.1) is 0 Å². The number of alkyl halides is 3. The van der Waals surface area contributed by atoms with Crippen LogP contribution in [0, 0.1) is 6.92 Å². The van der Waals surface area contributed by atoms with Crippen LogP contribution in [0.1, 0.15) is 34.8 Å². The molecule has 0 aliphatic carbocycles. The highest BCUT2D eigenvalue weighted by Crippen LogP contribution is 2.34. The van der Waals surface area contributed by atoms with E-state index in [1.807, 2.05) is 55.5 Å². The second kappa shape index (κ2) is 9.75. The number of benzene rings is 2. The van der Waals surface area contributed by atoms with Crippen molar-refractivity contribution in [2.45, 2.75) is 30.7 Å². The quantitative estimate of drug-likeness (QED) is 0.344. The molecule has 11 heteroatoms. The Kier molecular flexibility index (Phi) is 6.94. The first-order valence-electron chi connectivity index (χ1n) is 10.1. The summed E-state index contributed by atoms with van der Waals surface area (Å²) in [5.74, 6) is -0.660. The average molecular weight is 551 g/mol. The van der Waals surface area contributed by atoms with Gasteiger partial charge in [0, 0.05) is 17.0 Å². The van der Waals surface area contributed by atoms with Crippen molar-refractivity contribution in [3.63, 3.8) is 0 Å². The van der Waals surface area contributed by atoms with Gasteiger partial charge in [-0.05, 0) is 30.2 Å². The summed E-state index contributed by atoms with van der Waals surface area (Å²) < 4.78 is 39.8. The molecule has 1 N–H and O–H groups in total. The second-order valence-electron chi connectivity index (χ2n) is 7.64. The normalized spacial score (nSPS) is 16.0. The zero-order valence-corrected chi connectivity index (χ0v) is 20.2. The van der Waals surface area contributed by atoms with Crippen LogP contribution in [0.25, 0.3) is 0 Å². The zero-order chi connectivity index (χ0) is 24.5. The van der Waals surface area contributed by atoms with Gasteiger partial charge in [0.2, 0.25) is 0 Å². The first kappa shape index (κ1) is 24.2. The highest BCUT2D eigenvalue weighted by Gasteiger charge is 2.35. The molecule has 0 spiro atoms. The van der Waals surface area contributed by atoms with Crippen molar-refractivity contribution < 1.29 is 18.0 Å². The minimum atomic E-state index is -4.76. The summed E-state index contributed by atoms with van der Waals surface area (Å²) in [6.07, 6.45) is -4.28. The Morgan fingerprint density at radius 3 is 2.50 bits per heavy atom. The van der Waals surface area contributed by atoms with Gasteiger partial charge in [0.1, 0.15) is 0 Å². The molecule has 6 nitrogen and oxygen atoms in total. The van der Waals surface area contributed by atoms with Crippen molar-refractivity contribution >= 4 is 39.3 Å². The fourth-order valence-electron chi connectivity index (χ4n) is 3.45. The Hall–Kier alpha value is -2.92. The van der Waals surface area contributed by atoms with Crippen molar-refractivity contribution in [1.29, 1.82) is 0 Å². The monoisotopic (exact) mass is 550 g/mol. The highest BCUT2D eigenvalue weighted by atomic mass is 79.9. The number of halogens is 4. The molecule has 1 amide bonds. The molecular weight excluding hydrogens is 533 g/mol. The predicted octanol–water partition coefficient (Wildman–Crippen LogP) is 5.33. The third kappa shape index (κ3) is 5.58. The number of aryl methyl sites for hydroxylation is 1. The van der Waals surface area contributed by atoms with Crippen LogP contribution < -0.4 is 5.56 Å². The number of H-pyrrole nitrogens is 1. The molecule has 1 aliphatic heterocycles. The molecule has 0 saturated heterocycles. The fraction of sp³-hybridized carbons (Fsp3) is 0.217. The maximum absolute atomic E-state index is 13.1. The van der Waals surface area contributed by atoms with Crippen LogP contribution in [-0.4, -0.2) is 32.3 Å². The number of hydrazone groups is 1. The van der Waals surface area contributed by atoms with Gasteiger partial charge in [0.15, 0.2) is 10.9 Å². The van der Waals surface area contributed by atoms with Crippen LogP contribution in [-0.2, 0) is 11.0 Å². The Labute approximate surface area is 205 Å². The molecule has 1 atom stereocenters. The number of carbonyl (C=O) groups is 1. The van der Waals surface area contributed by atoms with Gasteiger partial charge in [-0.1, -0.05) is 69.7 Å². The Balaban J connectivity index is 1.58. The van der Waals surface area contributed by atoms with Gasteiger partial charge in [-0.2, -0.15) is 18.3 Å². The van der Waals surface area contributed by atoms with Crippen molar-refractivity contribution in [3.05, 3.63) is 91.8 Å². The van der Waals surface area contributed by atoms with Crippen molar-refractivity contribution in [2.24, 2.45) is 5.10 Å². The van der Waals surface area contributed by atoms with E-state index in [9.17, 15) is 22.8 Å². The van der Waals surface area contributed by atoms with E-state index < -0.39 is 23.3 Å². The largest absolute Gasteiger partial charge is 0.433 e. The summed E-state index contributed by atoms with van der Waals surface area (Å²) in [5.41, 5.74) is 1.32. The number of carbonyl (C=O) groups excluding carboxylic acids is 1. The van der Waals surface area contributed by atoms with Gasteiger partial charge < -0.3 is 4.98 Å². The van der Waals surface area contributed by atoms with E-state index in [0.717, 1.165) is 38.6 Å². The number of aromatic amines is 1. The number of nitrogens with one attached hydrogen (secondary N) is 1. The van der Waals surface area contributed by atoms with E-state index in [1.54, 1.807) is 0 Å².